The highest BCUT2D eigenvalue weighted by atomic mass is 28.4. The summed E-state index contributed by atoms with van der Waals surface area (Å²) in [7, 11) is -3.06. The minimum atomic E-state index is -3.06. The summed E-state index contributed by atoms with van der Waals surface area (Å²) in [5.74, 6) is 0. The zero-order chi connectivity index (χ0) is 17.9. The highest BCUT2D eigenvalue weighted by Crippen LogP contribution is 2.12. The molecule has 144 valence electrons. The number of ether oxygens (including phenoxy) is 3. The second-order valence-electron chi connectivity index (χ2n) is 5.38. The third kappa shape index (κ3) is 13.1. The Hall–Kier alpha value is -0.283. The van der Waals surface area contributed by atoms with E-state index < -0.39 is 8.80 Å². The minimum Gasteiger partial charge on any atom is -0.356 e. The monoisotopic (exact) mass is 364 g/mol. The molecule has 0 heterocycles. The van der Waals surface area contributed by atoms with E-state index in [9.17, 15) is 0 Å². The molecule has 0 saturated heterocycles. The minimum absolute atomic E-state index is 0.113. The van der Waals surface area contributed by atoms with Crippen LogP contribution in [0.3, 0.4) is 0 Å². The van der Waals surface area contributed by atoms with Gasteiger partial charge in [-0.1, -0.05) is 46.6 Å². The highest BCUT2D eigenvalue weighted by Gasteiger charge is 2.38. The molecule has 6 nitrogen and oxygen atoms in total. The van der Waals surface area contributed by atoms with Crippen LogP contribution in [0.5, 0.6) is 0 Å². The molecule has 0 fully saturated rings. The van der Waals surface area contributed by atoms with Crippen LogP contribution >= 0.6 is 0 Å². The summed E-state index contributed by atoms with van der Waals surface area (Å²) in [6.45, 7) is 12.4. The van der Waals surface area contributed by atoms with E-state index in [1.54, 1.807) is 5.70 Å². The van der Waals surface area contributed by atoms with E-state index >= 15 is 0 Å². The molecule has 0 aliphatic carbocycles. The molecule has 0 radical (unpaired) electrons. The normalized spacial score (nSPS) is 11.8. The molecule has 0 atom stereocenters. The molecule has 24 heavy (non-hydrogen) atoms. The van der Waals surface area contributed by atoms with Gasteiger partial charge in [-0.3, -0.25) is 0 Å². The summed E-state index contributed by atoms with van der Waals surface area (Å²) >= 11 is 0. The van der Waals surface area contributed by atoms with E-state index in [0.717, 1.165) is 38.5 Å². The molecule has 0 aliphatic heterocycles. The molecule has 0 saturated carbocycles. The van der Waals surface area contributed by atoms with Gasteiger partial charge in [0.2, 0.25) is 0 Å². The molecule has 0 N–H and O–H groups in total. The van der Waals surface area contributed by atoms with Crippen molar-refractivity contribution in [3.8, 4) is 0 Å². The van der Waals surface area contributed by atoms with Crippen molar-refractivity contribution in [3.05, 3.63) is 12.3 Å². The van der Waals surface area contributed by atoms with Gasteiger partial charge in [-0.05, 0) is 25.0 Å². The SMILES string of the molecule is C=C[Si](OCOCCCC)(OCOCCCC)OCOCCCC. The summed E-state index contributed by atoms with van der Waals surface area (Å²) in [6, 6.07) is 0. The van der Waals surface area contributed by atoms with Crippen LogP contribution in [0, 0.1) is 0 Å². The fourth-order valence-corrected chi connectivity index (χ4v) is 2.94. The van der Waals surface area contributed by atoms with E-state index in [4.69, 9.17) is 27.5 Å². The van der Waals surface area contributed by atoms with E-state index in [1.807, 2.05) is 0 Å². The Bertz CT molecular complexity index is 242. The predicted molar refractivity (Wildman–Crippen MR) is 96.4 cm³/mol. The third-order valence-corrected chi connectivity index (χ3v) is 5.27. The van der Waals surface area contributed by atoms with Gasteiger partial charge in [-0.2, -0.15) is 0 Å². The molecule has 0 spiro atoms. The number of unbranched alkanes of at least 4 members (excludes halogenated alkanes) is 3. The summed E-state index contributed by atoms with van der Waals surface area (Å²) in [5, 5.41) is 0. The van der Waals surface area contributed by atoms with Gasteiger partial charge >= 0.3 is 8.80 Å². The van der Waals surface area contributed by atoms with Crippen molar-refractivity contribution in [2.75, 3.05) is 40.2 Å². The van der Waals surface area contributed by atoms with Crippen molar-refractivity contribution in [2.45, 2.75) is 59.3 Å². The van der Waals surface area contributed by atoms with E-state index in [2.05, 4.69) is 27.4 Å². The second-order valence-corrected chi connectivity index (χ2v) is 7.86. The van der Waals surface area contributed by atoms with Crippen molar-refractivity contribution in [3.63, 3.8) is 0 Å². The van der Waals surface area contributed by atoms with Gasteiger partial charge in [0.15, 0.2) is 0 Å². The maximum absolute atomic E-state index is 5.73. The van der Waals surface area contributed by atoms with Gasteiger partial charge in [0.05, 0.1) is 0 Å². The Morgan fingerprint density at radius 1 is 0.667 bits per heavy atom. The fourth-order valence-electron chi connectivity index (χ4n) is 1.59. The lowest BCUT2D eigenvalue weighted by Crippen LogP contribution is -2.46. The largest absolute Gasteiger partial charge is 0.534 e. The summed E-state index contributed by atoms with van der Waals surface area (Å²) in [6.07, 6.45) is 6.21. The van der Waals surface area contributed by atoms with Gasteiger partial charge in [-0.15, -0.1) is 0 Å². The van der Waals surface area contributed by atoms with Gasteiger partial charge in [0, 0.05) is 19.8 Å². The highest BCUT2D eigenvalue weighted by molar-refractivity contribution is 6.66. The van der Waals surface area contributed by atoms with Gasteiger partial charge in [0.25, 0.3) is 0 Å². The topological polar surface area (TPSA) is 55.4 Å². The van der Waals surface area contributed by atoms with Crippen molar-refractivity contribution in [1.29, 1.82) is 0 Å². The van der Waals surface area contributed by atoms with Crippen LogP contribution in [0.4, 0.5) is 0 Å². The molecule has 0 unspecified atom stereocenters. The maximum Gasteiger partial charge on any atom is 0.534 e. The molecule has 0 aromatic rings. The average molecular weight is 365 g/mol. The van der Waals surface area contributed by atoms with Crippen LogP contribution in [-0.2, 0) is 27.5 Å². The molecular formula is C17H36O6Si. The fraction of sp³-hybridized carbons (Fsp3) is 0.882. The summed E-state index contributed by atoms with van der Waals surface area (Å²) < 4.78 is 33.5. The van der Waals surface area contributed by atoms with Crippen LogP contribution in [0.1, 0.15) is 59.3 Å². The third-order valence-electron chi connectivity index (χ3n) is 3.21. The molecule has 0 amide bonds. The van der Waals surface area contributed by atoms with Crippen molar-refractivity contribution in [2.24, 2.45) is 0 Å². The quantitative estimate of drug-likeness (QED) is 0.196. The first kappa shape index (κ1) is 23.7. The smallest absolute Gasteiger partial charge is 0.356 e. The Labute approximate surface area is 148 Å². The first-order valence-electron chi connectivity index (χ1n) is 9.03. The molecule has 0 aromatic heterocycles. The molecule has 0 rings (SSSR count). The standard InChI is InChI=1S/C17H36O6Si/c1-5-9-12-18-15-21-24(8-4,22-16-19-13-10-6-2)23-17-20-14-11-7-3/h8H,4-7,9-17H2,1-3H3. The summed E-state index contributed by atoms with van der Waals surface area (Å²) in [4.78, 5) is 0. The first-order chi connectivity index (χ1) is 11.7. The van der Waals surface area contributed by atoms with Crippen molar-refractivity contribution < 1.29 is 27.5 Å². The van der Waals surface area contributed by atoms with Crippen molar-refractivity contribution >= 4 is 8.80 Å². The van der Waals surface area contributed by atoms with E-state index in [1.165, 1.54) is 0 Å². The number of rotatable bonds is 19. The Morgan fingerprint density at radius 2 is 1.00 bits per heavy atom. The Morgan fingerprint density at radius 3 is 1.25 bits per heavy atom. The van der Waals surface area contributed by atoms with Crippen LogP contribution in [0.25, 0.3) is 0 Å². The summed E-state index contributed by atoms with van der Waals surface area (Å²) in [5.41, 5.74) is 1.59. The van der Waals surface area contributed by atoms with E-state index in [-0.39, 0.29) is 20.4 Å². The Kier molecular flexibility index (Phi) is 17.3. The lowest BCUT2D eigenvalue weighted by atomic mass is 10.4. The predicted octanol–water partition coefficient (Wildman–Crippen LogP) is 4.02. The first-order valence-corrected chi connectivity index (χ1v) is 10.8. The lowest BCUT2D eigenvalue weighted by molar-refractivity contribution is -0.0983. The Balaban J connectivity index is 4.26. The molecular weight excluding hydrogens is 328 g/mol. The van der Waals surface area contributed by atoms with Crippen LogP contribution < -0.4 is 0 Å². The number of hydrogen-bond donors (Lipinski definition) is 0. The van der Waals surface area contributed by atoms with Gasteiger partial charge in [0.1, 0.15) is 20.4 Å². The average Bonchev–Trinajstić information content (AvgIpc) is 2.60. The molecule has 7 heteroatoms. The van der Waals surface area contributed by atoms with Gasteiger partial charge in [-0.25, -0.2) is 0 Å². The van der Waals surface area contributed by atoms with Gasteiger partial charge < -0.3 is 27.5 Å². The van der Waals surface area contributed by atoms with E-state index in [0.29, 0.717) is 19.8 Å². The number of hydrogen-bond acceptors (Lipinski definition) is 6. The zero-order valence-electron chi connectivity index (χ0n) is 15.7. The zero-order valence-corrected chi connectivity index (χ0v) is 16.7. The lowest BCUT2D eigenvalue weighted by Gasteiger charge is -2.26. The van der Waals surface area contributed by atoms with Crippen LogP contribution in [-0.4, -0.2) is 49.0 Å². The second kappa shape index (κ2) is 17.5. The van der Waals surface area contributed by atoms with Crippen LogP contribution in [0.2, 0.25) is 0 Å². The molecule has 0 bridgehead atoms. The maximum atomic E-state index is 5.73. The van der Waals surface area contributed by atoms with Crippen LogP contribution in [0.15, 0.2) is 12.3 Å². The van der Waals surface area contributed by atoms with Crippen molar-refractivity contribution in [1.82, 2.24) is 0 Å². The molecule has 0 aromatic carbocycles. The molecule has 0 aliphatic rings.